The molecule has 0 fully saturated rings. The van der Waals surface area contributed by atoms with Crippen molar-refractivity contribution in [1.29, 1.82) is 5.26 Å². The normalized spacial score (nSPS) is 10.9. The van der Waals surface area contributed by atoms with Crippen molar-refractivity contribution in [2.24, 2.45) is 0 Å². The summed E-state index contributed by atoms with van der Waals surface area (Å²) in [7, 11) is 1.59. The van der Waals surface area contributed by atoms with Gasteiger partial charge < -0.3 is 10.1 Å². The summed E-state index contributed by atoms with van der Waals surface area (Å²) < 4.78 is 5.15. The molecule has 0 aliphatic rings. The summed E-state index contributed by atoms with van der Waals surface area (Å²) in [4.78, 5) is 12.4. The van der Waals surface area contributed by atoms with E-state index in [0.717, 1.165) is 22.4 Å². The number of anilines is 1. The van der Waals surface area contributed by atoms with E-state index in [1.165, 1.54) is 0 Å². The summed E-state index contributed by atoms with van der Waals surface area (Å²) >= 11 is 6.05. The number of aryl methyl sites for hydroxylation is 1. The zero-order chi connectivity index (χ0) is 17.7. The minimum atomic E-state index is -0.474. The number of hydrogen-bond donors (Lipinski definition) is 1. The minimum absolute atomic E-state index is 0.0163. The zero-order valence-corrected chi connectivity index (χ0v) is 14.4. The number of methoxy groups -OCH3 is 1. The summed E-state index contributed by atoms with van der Waals surface area (Å²) in [6.45, 7) is 3.70. The molecule has 0 aliphatic carbocycles. The first-order valence-electron chi connectivity index (χ1n) is 7.29. The molecule has 122 valence electrons. The molecule has 1 amide bonds. The van der Waals surface area contributed by atoms with Crippen molar-refractivity contribution in [3.63, 3.8) is 0 Å². The van der Waals surface area contributed by atoms with Gasteiger partial charge in [-0.05, 0) is 60.9 Å². The Kier molecular flexibility index (Phi) is 5.62. The van der Waals surface area contributed by atoms with Gasteiger partial charge in [-0.2, -0.15) is 5.26 Å². The van der Waals surface area contributed by atoms with Crippen LogP contribution in [0.15, 0.2) is 42.0 Å². The molecule has 0 saturated carbocycles. The van der Waals surface area contributed by atoms with Crippen LogP contribution in [-0.4, -0.2) is 13.0 Å². The van der Waals surface area contributed by atoms with Gasteiger partial charge in [-0.3, -0.25) is 4.79 Å². The second kappa shape index (κ2) is 7.67. The first kappa shape index (κ1) is 17.6. The highest BCUT2D eigenvalue weighted by Gasteiger charge is 2.12. The molecule has 5 heteroatoms. The molecule has 0 atom stereocenters. The van der Waals surface area contributed by atoms with Crippen molar-refractivity contribution >= 4 is 29.3 Å². The van der Waals surface area contributed by atoms with E-state index in [-0.39, 0.29) is 5.57 Å². The van der Waals surface area contributed by atoms with Crippen molar-refractivity contribution in [3.8, 4) is 11.8 Å². The molecule has 0 heterocycles. The minimum Gasteiger partial charge on any atom is -0.497 e. The molecule has 1 N–H and O–H groups in total. The second-order valence-electron chi connectivity index (χ2n) is 5.26. The number of halogens is 1. The van der Waals surface area contributed by atoms with Gasteiger partial charge in [0.25, 0.3) is 5.91 Å². The van der Waals surface area contributed by atoms with Gasteiger partial charge in [-0.15, -0.1) is 0 Å². The van der Waals surface area contributed by atoms with Crippen molar-refractivity contribution in [2.45, 2.75) is 13.8 Å². The Bertz CT molecular complexity index is 851. The van der Waals surface area contributed by atoms with Gasteiger partial charge in [0.2, 0.25) is 0 Å². The summed E-state index contributed by atoms with van der Waals surface area (Å²) in [5, 5.41) is 12.6. The van der Waals surface area contributed by atoms with Crippen LogP contribution in [0.1, 0.15) is 16.7 Å². The van der Waals surface area contributed by atoms with E-state index in [0.29, 0.717) is 10.7 Å². The van der Waals surface area contributed by atoms with E-state index in [9.17, 15) is 10.1 Å². The van der Waals surface area contributed by atoms with Crippen molar-refractivity contribution in [3.05, 3.63) is 63.7 Å². The van der Waals surface area contributed by atoms with Crippen LogP contribution in [0.2, 0.25) is 5.02 Å². The Balaban J connectivity index is 2.29. The Hall–Kier alpha value is -2.77. The molecule has 2 aromatic rings. The number of rotatable bonds is 4. The average molecular weight is 341 g/mol. The molecule has 0 bridgehead atoms. The van der Waals surface area contributed by atoms with E-state index in [1.54, 1.807) is 44.4 Å². The van der Waals surface area contributed by atoms with Crippen LogP contribution in [0.25, 0.3) is 6.08 Å². The van der Waals surface area contributed by atoms with Gasteiger partial charge >= 0.3 is 0 Å². The molecule has 4 nitrogen and oxygen atoms in total. The Morgan fingerprint density at radius 3 is 2.67 bits per heavy atom. The van der Waals surface area contributed by atoms with Crippen LogP contribution in [0, 0.1) is 25.2 Å². The number of amides is 1. The third kappa shape index (κ3) is 3.95. The van der Waals surface area contributed by atoms with E-state index in [2.05, 4.69) is 5.32 Å². The fourth-order valence-corrected chi connectivity index (χ4v) is 2.35. The number of nitrogens with zero attached hydrogens (tertiary/aromatic N) is 1. The molecule has 0 radical (unpaired) electrons. The second-order valence-corrected chi connectivity index (χ2v) is 5.67. The third-order valence-corrected chi connectivity index (χ3v) is 4.07. The van der Waals surface area contributed by atoms with E-state index >= 15 is 0 Å². The fraction of sp³-hybridized carbons (Fsp3) is 0.158. The van der Waals surface area contributed by atoms with Crippen molar-refractivity contribution < 1.29 is 9.53 Å². The molecular weight excluding hydrogens is 324 g/mol. The predicted molar refractivity (Wildman–Crippen MR) is 96.1 cm³/mol. The highest BCUT2D eigenvalue weighted by molar-refractivity contribution is 6.31. The van der Waals surface area contributed by atoms with Crippen LogP contribution < -0.4 is 10.1 Å². The number of nitriles is 1. The number of nitrogens with one attached hydrogen (secondary N) is 1. The predicted octanol–water partition coefficient (Wildman–Crippen LogP) is 4.51. The standard InChI is InChI=1S/C19H17ClN2O2/c1-12-9-16(24-3)8-7-14(12)10-15(11-21)19(23)22-18-6-4-5-17(20)13(18)2/h4-10H,1-3H3,(H,22,23)/b15-10-. The molecule has 24 heavy (non-hydrogen) atoms. The highest BCUT2D eigenvalue weighted by atomic mass is 35.5. The highest BCUT2D eigenvalue weighted by Crippen LogP contribution is 2.24. The number of benzene rings is 2. The van der Waals surface area contributed by atoms with Crippen LogP contribution in [-0.2, 0) is 4.79 Å². The van der Waals surface area contributed by atoms with Gasteiger partial charge in [0.05, 0.1) is 7.11 Å². The lowest BCUT2D eigenvalue weighted by Gasteiger charge is -2.09. The summed E-state index contributed by atoms with van der Waals surface area (Å²) in [6.07, 6.45) is 1.56. The van der Waals surface area contributed by atoms with Gasteiger partial charge in [-0.1, -0.05) is 23.7 Å². The summed E-state index contributed by atoms with van der Waals surface area (Å²) in [5.74, 6) is 0.250. The molecule has 0 spiro atoms. The molecule has 2 aromatic carbocycles. The van der Waals surface area contributed by atoms with E-state index in [4.69, 9.17) is 16.3 Å². The smallest absolute Gasteiger partial charge is 0.266 e. The largest absolute Gasteiger partial charge is 0.497 e. The molecule has 0 aliphatic heterocycles. The number of carbonyl (C=O) groups excluding carboxylic acids is 1. The van der Waals surface area contributed by atoms with E-state index < -0.39 is 5.91 Å². The van der Waals surface area contributed by atoms with Gasteiger partial charge in [0.15, 0.2) is 0 Å². The fourth-order valence-electron chi connectivity index (χ4n) is 2.17. The Morgan fingerprint density at radius 1 is 1.29 bits per heavy atom. The molecule has 0 aromatic heterocycles. The lowest BCUT2D eigenvalue weighted by molar-refractivity contribution is -0.112. The van der Waals surface area contributed by atoms with Crippen LogP contribution in [0.3, 0.4) is 0 Å². The van der Waals surface area contributed by atoms with Gasteiger partial charge in [0, 0.05) is 10.7 Å². The maximum Gasteiger partial charge on any atom is 0.266 e. The number of ether oxygens (including phenoxy) is 1. The lowest BCUT2D eigenvalue weighted by atomic mass is 10.0. The van der Waals surface area contributed by atoms with Crippen LogP contribution in [0.4, 0.5) is 5.69 Å². The van der Waals surface area contributed by atoms with Crippen LogP contribution in [0.5, 0.6) is 5.75 Å². The average Bonchev–Trinajstić information content (AvgIpc) is 2.57. The summed E-state index contributed by atoms with van der Waals surface area (Å²) in [6, 6.07) is 12.6. The first-order valence-corrected chi connectivity index (χ1v) is 7.67. The number of hydrogen-bond acceptors (Lipinski definition) is 3. The van der Waals surface area contributed by atoms with E-state index in [1.807, 2.05) is 25.1 Å². The number of carbonyl (C=O) groups is 1. The third-order valence-electron chi connectivity index (χ3n) is 3.66. The quantitative estimate of drug-likeness (QED) is 0.658. The van der Waals surface area contributed by atoms with Crippen molar-refractivity contribution in [2.75, 3.05) is 12.4 Å². The molecular formula is C19H17ClN2O2. The van der Waals surface area contributed by atoms with Crippen molar-refractivity contribution in [1.82, 2.24) is 0 Å². The SMILES string of the molecule is COc1ccc(/C=C(/C#N)C(=O)Nc2cccc(Cl)c2C)c(C)c1. The zero-order valence-electron chi connectivity index (χ0n) is 13.7. The maximum absolute atomic E-state index is 12.4. The molecule has 2 rings (SSSR count). The maximum atomic E-state index is 12.4. The first-order chi connectivity index (χ1) is 11.5. The van der Waals surface area contributed by atoms with Crippen LogP contribution >= 0.6 is 11.6 Å². The molecule has 0 unspecified atom stereocenters. The Morgan fingerprint density at radius 2 is 2.04 bits per heavy atom. The topological polar surface area (TPSA) is 62.1 Å². The summed E-state index contributed by atoms with van der Waals surface area (Å²) in [5.41, 5.74) is 3.05. The lowest BCUT2D eigenvalue weighted by Crippen LogP contribution is -2.14. The van der Waals surface area contributed by atoms with Gasteiger partial charge in [0.1, 0.15) is 17.4 Å². The monoisotopic (exact) mass is 340 g/mol. The molecule has 0 saturated heterocycles. The van der Waals surface area contributed by atoms with Gasteiger partial charge in [-0.25, -0.2) is 0 Å². The Labute approximate surface area is 146 Å².